The van der Waals surface area contributed by atoms with Crippen molar-refractivity contribution in [2.75, 3.05) is 31.2 Å². The lowest BCUT2D eigenvalue weighted by molar-refractivity contribution is 0.122. The highest BCUT2D eigenvalue weighted by Gasteiger charge is 2.16. The Kier molecular flexibility index (Phi) is 3.69. The number of hydrogen-bond acceptors (Lipinski definition) is 5. The molecule has 6 nitrogen and oxygen atoms in total. The Balaban J connectivity index is 1.81. The van der Waals surface area contributed by atoms with E-state index in [2.05, 4.69) is 22.1 Å². The molecule has 1 fully saturated rings. The Labute approximate surface area is 134 Å². The molecule has 0 aliphatic carbocycles. The van der Waals surface area contributed by atoms with Gasteiger partial charge in [-0.3, -0.25) is 0 Å². The highest BCUT2D eigenvalue weighted by Crippen LogP contribution is 2.26. The van der Waals surface area contributed by atoms with Gasteiger partial charge in [0.2, 0.25) is 0 Å². The molecule has 1 saturated heterocycles. The van der Waals surface area contributed by atoms with Crippen molar-refractivity contribution in [2.45, 2.75) is 6.54 Å². The van der Waals surface area contributed by atoms with E-state index in [0.29, 0.717) is 6.54 Å². The maximum atomic E-state index is 5.69. The molecule has 0 atom stereocenters. The summed E-state index contributed by atoms with van der Waals surface area (Å²) in [6.45, 7) is 3.72. The van der Waals surface area contributed by atoms with Crippen LogP contribution in [0.5, 0.6) is 0 Å². The molecule has 1 aromatic carbocycles. The third-order valence-corrected chi connectivity index (χ3v) is 4.18. The zero-order chi connectivity index (χ0) is 15.6. The zero-order valence-electron chi connectivity index (χ0n) is 12.9. The number of hydrogen-bond donors (Lipinski definition) is 1. The lowest BCUT2D eigenvalue weighted by atomic mass is 10.1. The zero-order valence-corrected chi connectivity index (χ0v) is 12.9. The Bertz CT molecular complexity index is 805. The number of anilines is 1. The van der Waals surface area contributed by atoms with Crippen LogP contribution in [0.15, 0.2) is 42.7 Å². The van der Waals surface area contributed by atoms with E-state index in [-0.39, 0.29) is 0 Å². The SMILES string of the molecule is NCc1ccc(-c2nc(N3CCOCC3)cn3nccc23)cc1. The van der Waals surface area contributed by atoms with E-state index in [1.54, 1.807) is 6.20 Å². The number of rotatable bonds is 3. The summed E-state index contributed by atoms with van der Waals surface area (Å²) < 4.78 is 7.32. The lowest BCUT2D eigenvalue weighted by Crippen LogP contribution is -2.37. The fourth-order valence-corrected chi connectivity index (χ4v) is 2.87. The molecule has 0 radical (unpaired) electrons. The maximum Gasteiger partial charge on any atom is 0.148 e. The molecule has 4 rings (SSSR count). The first-order chi connectivity index (χ1) is 11.3. The maximum absolute atomic E-state index is 5.69. The van der Waals surface area contributed by atoms with Crippen molar-refractivity contribution in [3.05, 3.63) is 48.3 Å². The van der Waals surface area contributed by atoms with Gasteiger partial charge in [-0.2, -0.15) is 5.10 Å². The van der Waals surface area contributed by atoms with Crippen molar-refractivity contribution in [1.29, 1.82) is 0 Å². The van der Waals surface area contributed by atoms with E-state index < -0.39 is 0 Å². The first-order valence-electron chi connectivity index (χ1n) is 7.81. The van der Waals surface area contributed by atoms with Crippen molar-refractivity contribution < 1.29 is 4.74 Å². The van der Waals surface area contributed by atoms with Crippen molar-refractivity contribution in [1.82, 2.24) is 14.6 Å². The van der Waals surface area contributed by atoms with Crippen molar-refractivity contribution in [3.8, 4) is 11.3 Å². The van der Waals surface area contributed by atoms with Crippen LogP contribution in [-0.4, -0.2) is 40.9 Å². The summed E-state index contributed by atoms with van der Waals surface area (Å²) in [5.74, 6) is 0.933. The van der Waals surface area contributed by atoms with Crippen LogP contribution in [0.1, 0.15) is 5.56 Å². The van der Waals surface area contributed by atoms with Crippen LogP contribution >= 0.6 is 0 Å². The number of nitrogens with zero attached hydrogens (tertiary/aromatic N) is 4. The smallest absolute Gasteiger partial charge is 0.148 e. The summed E-state index contributed by atoms with van der Waals surface area (Å²) in [5, 5.41) is 4.39. The molecule has 2 aromatic heterocycles. The summed E-state index contributed by atoms with van der Waals surface area (Å²) in [6, 6.07) is 10.2. The number of benzene rings is 1. The van der Waals surface area contributed by atoms with Gasteiger partial charge in [0.1, 0.15) is 5.82 Å². The molecule has 0 amide bonds. The van der Waals surface area contributed by atoms with Crippen LogP contribution in [-0.2, 0) is 11.3 Å². The highest BCUT2D eigenvalue weighted by molar-refractivity contribution is 5.78. The molecule has 2 N–H and O–H groups in total. The van der Waals surface area contributed by atoms with E-state index in [9.17, 15) is 0 Å². The number of fused-ring (bicyclic) bond motifs is 1. The quantitative estimate of drug-likeness (QED) is 0.797. The van der Waals surface area contributed by atoms with Crippen LogP contribution in [0.25, 0.3) is 16.8 Å². The van der Waals surface area contributed by atoms with Gasteiger partial charge in [0.25, 0.3) is 0 Å². The fourth-order valence-electron chi connectivity index (χ4n) is 2.87. The number of nitrogens with two attached hydrogens (primary N) is 1. The minimum absolute atomic E-state index is 0.545. The Morgan fingerprint density at radius 2 is 1.87 bits per heavy atom. The summed E-state index contributed by atoms with van der Waals surface area (Å²) in [5.41, 5.74) is 9.81. The summed E-state index contributed by atoms with van der Waals surface area (Å²) in [7, 11) is 0. The average Bonchev–Trinajstić information content (AvgIpc) is 3.10. The predicted molar refractivity (Wildman–Crippen MR) is 89.3 cm³/mol. The molecular weight excluding hydrogens is 290 g/mol. The van der Waals surface area contributed by atoms with Gasteiger partial charge in [-0.05, 0) is 11.6 Å². The van der Waals surface area contributed by atoms with Gasteiger partial charge < -0.3 is 15.4 Å². The van der Waals surface area contributed by atoms with E-state index in [0.717, 1.165) is 54.5 Å². The van der Waals surface area contributed by atoms with Crippen LogP contribution in [0.3, 0.4) is 0 Å². The molecular formula is C17H19N5O. The molecule has 0 bridgehead atoms. The molecule has 23 heavy (non-hydrogen) atoms. The minimum atomic E-state index is 0.545. The van der Waals surface area contributed by atoms with Crippen LogP contribution < -0.4 is 10.6 Å². The molecule has 1 aliphatic heterocycles. The lowest BCUT2D eigenvalue weighted by Gasteiger charge is -2.28. The van der Waals surface area contributed by atoms with Gasteiger partial charge in [-0.25, -0.2) is 9.50 Å². The average molecular weight is 309 g/mol. The third kappa shape index (κ3) is 2.67. The first kappa shape index (κ1) is 14.2. The largest absolute Gasteiger partial charge is 0.378 e. The van der Waals surface area contributed by atoms with Crippen LogP contribution in [0.4, 0.5) is 5.82 Å². The van der Waals surface area contributed by atoms with Gasteiger partial charge in [0.15, 0.2) is 0 Å². The fraction of sp³-hybridized carbons (Fsp3) is 0.294. The van der Waals surface area contributed by atoms with Crippen molar-refractivity contribution in [3.63, 3.8) is 0 Å². The van der Waals surface area contributed by atoms with E-state index >= 15 is 0 Å². The van der Waals surface area contributed by atoms with Gasteiger partial charge in [0.05, 0.1) is 36.8 Å². The standard InChI is InChI=1S/C17H19N5O/c18-11-13-1-3-14(4-2-13)17-15-5-6-19-22(15)12-16(20-17)21-7-9-23-10-8-21/h1-6,12H,7-11,18H2. The number of aromatic nitrogens is 3. The number of ether oxygens (including phenoxy) is 1. The molecule has 3 aromatic rings. The second-order valence-corrected chi connectivity index (χ2v) is 5.61. The van der Waals surface area contributed by atoms with Crippen LogP contribution in [0.2, 0.25) is 0 Å². The molecule has 118 valence electrons. The minimum Gasteiger partial charge on any atom is -0.378 e. The monoisotopic (exact) mass is 309 g/mol. The Hall–Kier alpha value is -2.44. The second-order valence-electron chi connectivity index (χ2n) is 5.61. The van der Waals surface area contributed by atoms with E-state index in [1.807, 2.05) is 28.9 Å². The molecule has 3 heterocycles. The summed E-state index contributed by atoms with van der Waals surface area (Å²) in [6.07, 6.45) is 3.79. The summed E-state index contributed by atoms with van der Waals surface area (Å²) >= 11 is 0. The van der Waals surface area contributed by atoms with Crippen LogP contribution in [0, 0.1) is 0 Å². The second kappa shape index (κ2) is 5.98. The molecule has 1 aliphatic rings. The van der Waals surface area contributed by atoms with Gasteiger partial charge in [0, 0.05) is 25.2 Å². The van der Waals surface area contributed by atoms with Crippen molar-refractivity contribution >= 4 is 11.3 Å². The third-order valence-electron chi connectivity index (χ3n) is 4.18. The van der Waals surface area contributed by atoms with Crippen molar-refractivity contribution in [2.24, 2.45) is 5.73 Å². The van der Waals surface area contributed by atoms with Gasteiger partial charge in [-0.1, -0.05) is 24.3 Å². The molecule has 0 saturated carbocycles. The topological polar surface area (TPSA) is 68.7 Å². The normalized spacial score (nSPS) is 15.3. The highest BCUT2D eigenvalue weighted by atomic mass is 16.5. The van der Waals surface area contributed by atoms with Gasteiger partial charge >= 0.3 is 0 Å². The Morgan fingerprint density at radius 1 is 1.09 bits per heavy atom. The summed E-state index contributed by atoms with van der Waals surface area (Å²) in [4.78, 5) is 7.14. The molecule has 6 heteroatoms. The van der Waals surface area contributed by atoms with E-state index in [4.69, 9.17) is 15.5 Å². The van der Waals surface area contributed by atoms with Gasteiger partial charge in [-0.15, -0.1) is 0 Å². The Morgan fingerprint density at radius 3 is 2.61 bits per heavy atom. The molecule has 0 spiro atoms. The van der Waals surface area contributed by atoms with E-state index in [1.165, 1.54) is 0 Å². The first-order valence-corrected chi connectivity index (χ1v) is 7.81. The number of morpholine rings is 1. The molecule has 0 unspecified atom stereocenters. The predicted octanol–water partition coefficient (Wildman–Crippen LogP) is 1.69.